The molecule has 0 radical (unpaired) electrons. The van der Waals surface area contributed by atoms with E-state index in [-0.39, 0.29) is 5.56 Å². The highest BCUT2D eigenvalue weighted by Gasteiger charge is 2.35. The number of aromatic nitrogens is 3. The highest BCUT2D eigenvalue weighted by molar-refractivity contribution is 5.37. The molecule has 0 saturated heterocycles. The van der Waals surface area contributed by atoms with Crippen LogP contribution in [0.4, 0.5) is 13.2 Å². The van der Waals surface area contributed by atoms with Gasteiger partial charge in [0.25, 0.3) is 0 Å². The lowest BCUT2D eigenvalue weighted by Crippen LogP contribution is -2.15. The highest BCUT2D eigenvalue weighted by atomic mass is 19.4. The summed E-state index contributed by atoms with van der Waals surface area (Å²) >= 11 is 0. The summed E-state index contributed by atoms with van der Waals surface area (Å²) in [6, 6.07) is 2.40. The average molecular weight is 297 g/mol. The van der Waals surface area contributed by atoms with Crippen molar-refractivity contribution in [1.82, 2.24) is 15.2 Å². The van der Waals surface area contributed by atoms with Gasteiger partial charge in [0.2, 0.25) is 0 Å². The molecule has 0 saturated carbocycles. The maximum atomic E-state index is 13.0. The maximum absolute atomic E-state index is 13.0. The smallest absolute Gasteiger partial charge is 0.384 e. The molecule has 0 amide bonds. The zero-order chi connectivity index (χ0) is 15.6. The van der Waals surface area contributed by atoms with Crippen molar-refractivity contribution in [2.75, 3.05) is 0 Å². The number of rotatable bonds is 3. The van der Waals surface area contributed by atoms with Crippen LogP contribution >= 0.6 is 0 Å². The van der Waals surface area contributed by atoms with Crippen molar-refractivity contribution >= 4 is 0 Å². The molecule has 1 unspecified atom stereocenters. The molecule has 0 spiro atoms. The van der Waals surface area contributed by atoms with Crippen molar-refractivity contribution in [3.63, 3.8) is 0 Å². The third-order valence-electron chi connectivity index (χ3n) is 3.11. The molecular weight excluding hydrogens is 283 g/mol. The molecule has 7 heteroatoms. The van der Waals surface area contributed by atoms with Gasteiger partial charge in [-0.05, 0) is 25.5 Å². The van der Waals surface area contributed by atoms with Gasteiger partial charge in [-0.3, -0.25) is 4.98 Å². The normalized spacial score (nSPS) is 13.2. The molecule has 0 fully saturated rings. The van der Waals surface area contributed by atoms with Crippen LogP contribution in [0.1, 0.15) is 41.1 Å². The number of halogens is 3. The fraction of sp³-hybridized carbons (Fsp3) is 0.357. The Morgan fingerprint density at radius 1 is 1.24 bits per heavy atom. The van der Waals surface area contributed by atoms with E-state index in [0.29, 0.717) is 23.4 Å². The topological polar surface area (TPSA) is 58.9 Å². The summed E-state index contributed by atoms with van der Waals surface area (Å²) < 4.78 is 39.1. The van der Waals surface area contributed by atoms with Crippen molar-refractivity contribution in [3.05, 3.63) is 52.6 Å². The molecular formula is C14H14F3N3O. The number of hydrogen-bond donors (Lipinski definition) is 1. The SMILES string of the molecule is CCc1nnc(C)cc1C(O)c1cnccc1C(F)(F)F. The summed E-state index contributed by atoms with van der Waals surface area (Å²) in [4.78, 5) is 3.69. The maximum Gasteiger partial charge on any atom is 0.416 e. The van der Waals surface area contributed by atoms with Crippen molar-refractivity contribution < 1.29 is 18.3 Å². The monoisotopic (exact) mass is 297 g/mol. The Morgan fingerprint density at radius 3 is 2.57 bits per heavy atom. The van der Waals surface area contributed by atoms with Gasteiger partial charge in [-0.1, -0.05) is 6.92 Å². The van der Waals surface area contributed by atoms with Crippen LogP contribution in [0, 0.1) is 6.92 Å². The Kier molecular flexibility index (Phi) is 4.22. The van der Waals surface area contributed by atoms with Crippen LogP contribution in [-0.2, 0) is 12.6 Å². The van der Waals surface area contributed by atoms with Gasteiger partial charge in [0.1, 0.15) is 6.10 Å². The lowest BCUT2D eigenvalue weighted by Gasteiger charge is -2.18. The Hall–Kier alpha value is -2.02. The first-order valence-electron chi connectivity index (χ1n) is 6.36. The van der Waals surface area contributed by atoms with Crippen LogP contribution in [0.15, 0.2) is 24.5 Å². The van der Waals surface area contributed by atoms with Gasteiger partial charge in [0.05, 0.1) is 17.0 Å². The van der Waals surface area contributed by atoms with E-state index in [4.69, 9.17) is 0 Å². The van der Waals surface area contributed by atoms with E-state index in [2.05, 4.69) is 15.2 Å². The molecule has 112 valence electrons. The van der Waals surface area contributed by atoms with Crippen LogP contribution in [0.3, 0.4) is 0 Å². The van der Waals surface area contributed by atoms with Gasteiger partial charge in [-0.25, -0.2) is 0 Å². The molecule has 1 atom stereocenters. The van der Waals surface area contributed by atoms with E-state index in [9.17, 15) is 18.3 Å². The Morgan fingerprint density at radius 2 is 1.95 bits per heavy atom. The standard InChI is InChI=1S/C14H14F3N3O/c1-3-12-9(6-8(2)19-20-12)13(21)10-7-18-5-4-11(10)14(15,16)17/h4-7,13,21H,3H2,1-2H3. The molecule has 2 aromatic heterocycles. The second-order valence-corrected chi connectivity index (χ2v) is 4.60. The molecule has 0 bridgehead atoms. The predicted molar refractivity (Wildman–Crippen MR) is 69.4 cm³/mol. The quantitative estimate of drug-likeness (QED) is 0.946. The zero-order valence-electron chi connectivity index (χ0n) is 11.5. The number of aliphatic hydroxyl groups excluding tert-OH is 1. The highest BCUT2D eigenvalue weighted by Crippen LogP contribution is 2.36. The van der Waals surface area contributed by atoms with Crippen molar-refractivity contribution in [1.29, 1.82) is 0 Å². The van der Waals surface area contributed by atoms with Crippen LogP contribution in [0.2, 0.25) is 0 Å². The molecule has 4 nitrogen and oxygen atoms in total. The van der Waals surface area contributed by atoms with E-state index >= 15 is 0 Å². The number of pyridine rings is 1. The van der Waals surface area contributed by atoms with Crippen LogP contribution < -0.4 is 0 Å². The fourth-order valence-corrected chi connectivity index (χ4v) is 2.10. The van der Waals surface area contributed by atoms with Crippen LogP contribution in [-0.4, -0.2) is 20.3 Å². The second kappa shape index (κ2) is 5.77. The van der Waals surface area contributed by atoms with E-state index in [1.165, 1.54) is 0 Å². The molecule has 2 heterocycles. The van der Waals surface area contributed by atoms with Gasteiger partial charge < -0.3 is 5.11 Å². The summed E-state index contributed by atoms with van der Waals surface area (Å²) in [5.74, 6) is 0. The van der Waals surface area contributed by atoms with E-state index in [0.717, 1.165) is 18.5 Å². The third-order valence-corrected chi connectivity index (χ3v) is 3.11. The Balaban J connectivity index is 2.56. The number of aryl methyl sites for hydroxylation is 2. The molecule has 0 aliphatic heterocycles. The summed E-state index contributed by atoms with van der Waals surface area (Å²) in [5.41, 5.74) is 0.126. The van der Waals surface area contributed by atoms with Gasteiger partial charge >= 0.3 is 6.18 Å². The number of nitrogens with zero attached hydrogens (tertiary/aromatic N) is 3. The zero-order valence-corrected chi connectivity index (χ0v) is 11.5. The van der Waals surface area contributed by atoms with Gasteiger partial charge in [-0.2, -0.15) is 23.4 Å². The van der Waals surface area contributed by atoms with E-state index in [1.54, 1.807) is 19.9 Å². The minimum absolute atomic E-state index is 0.285. The lowest BCUT2D eigenvalue weighted by molar-refractivity contribution is -0.139. The van der Waals surface area contributed by atoms with Gasteiger partial charge in [0.15, 0.2) is 0 Å². The summed E-state index contributed by atoms with van der Waals surface area (Å²) in [5, 5.41) is 18.1. The molecule has 0 aromatic carbocycles. The Labute approximate surface area is 119 Å². The fourth-order valence-electron chi connectivity index (χ4n) is 2.10. The largest absolute Gasteiger partial charge is 0.416 e. The first kappa shape index (κ1) is 15.4. The van der Waals surface area contributed by atoms with E-state index < -0.39 is 17.8 Å². The lowest BCUT2D eigenvalue weighted by atomic mass is 9.96. The second-order valence-electron chi connectivity index (χ2n) is 4.60. The van der Waals surface area contributed by atoms with Gasteiger partial charge in [0, 0.05) is 23.5 Å². The van der Waals surface area contributed by atoms with Gasteiger partial charge in [-0.15, -0.1) is 0 Å². The first-order valence-corrected chi connectivity index (χ1v) is 6.36. The summed E-state index contributed by atoms with van der Waals surface area (Å²) in [7, 11) is 0. The van der Waals surface area contributed by atoms with Crippen LogP contribution in [0.5, 0.6) is 0 Å². The van der Waals surface area contributed by atoms with Crippen LogP contribution in [0.25, 0.3) is 0 Å². The number of alkyl halides is 3. The molecule has 0 aliphatic carbocycles. The predicted octanol–water partition coefficient (Wildman–Crippen LogP) is 2.84. The molecule has 2 aromatic rings. The van der Waals surface area contributed by atoms with Crippen molar-refractivity contribution in [3.8, 4) is 0 Å². The number of hydrogen-bond acceptors (Lipinski definition) is 4. The third kappa shape index (κ3) is 3.18. The van der Waals surface area contributed by atoms with E-state index in [1.807, 2.05) is 0 Å². The molecule has 1 N–H and O–H groups in total. The van der Waals surface area contributed by atoms with Crippen molar-refractivity contribution in [2.45, 2.75) is 32.5 Å². The molecule has 0 aliphatic rings. The first-order chi connectivity index (χ1) is 9.84. The Bertz CT molecular complexity index is 644. The molecule has 2 rings (SSSR count). The minimum Gasteiger partial charge on any atom is -0.384 e. The van der Waals surface area contributed by atoms with Crippen molar-refractivity contribution in [2.24, 2.45) is 0 Å². The summed E-state index contributed by atoms with van der Waals surface area (Å²) in [6.45, 7) is 3.46. The molecule has 21 heavy (non-hydrogen) atoms. The average Bonchev–Trinajstić information content (AvgIpc) is 2.45. The minimum atomic E-state index is -4.55. The number of aliphatic hydroxyl groups is 1. The summed E-state index contributed by atoms with van der Waals surface area (Å²) in [6.07, 6.45) is -3.46.